The first-order valence-corrected chi connectivity index (χ1v) is 5.82. The minimum Gasteiger partial charge on any atom is -0.508 e. The Balaban J connectivity index is 1.72. The van der Waals surface area contributed by atoms with Crippen molar-refractivity contribution in [2.45, 2.75) is 19.5 Å². The van der Waals surface area contributed by atoms with E-state index in [1.54, 1.807) is 12.4 Å². The summed E-state index contributed by atoms with van der Waals surface area (Å²) in [6.07, 6.45) is 2.76. The third kappa shape index (κ3) is 2.17. The van der Waals surface area contributed by atoms with Gasteiger partial charge in [0, 0.05) is 26.1 Å². The molecule has 2 heterocycles. The number of rotatable bonds is 2. The van der Waals surface area contributed by atoms with E-state index >= 15 is 0 Å². The van der Waals surface area contributed by atoms with E-state index in [0.717, 1.165) is 31.6 Å². The van der Waals surface area contributed by atoms with E-state index < -0.39 is 0 Å². The molecule has 0 amide bonds. The molecule has 88 valence electrons. The predicted molar refractivity (Wildman–Crippen MR) is 64.5 cm³/mol. The van der Waals surface area contributed by atoms with Crippen LogP contribution < -0.4 is 0 Å². The molecule has 0 radical (unpaired) electrons. The van der Waals surface area contributed by atoms with Crippen LogP contribution >= 0.6 is 0 Å². The number of imidazole rings is 1. The van der Waals surface area contributed by atoms with E-state index in [4.69, 9.17) is 0 Å². The second kappa shape index (κ2) is 4.22. The number of phenolic OH excluding ortho intramolecular Hbond substituents is 1. The summed E-state index contributed by atoms with van der Waals surface area (Å²) < 4.78 is 0. The number of H-pyrrole nitrogens is 1. The average molecular weight is 229 g/mol. The highest BCUT2D eigenvalue weighted by molar-refractivity contribution is 5.27. The third-order valence-corrected chi connectivity index (χ3v) is 3.17. The van der Waals surface area contributed by atoms with Gasteiger partial charge in [0.15, 0.2) is 0 Å². The number of aromatic amines is 1. The lowest BCUT2D eigenvalue weighted by molar-refractivity contribution is 0.241. The lowest BCUT2D eigenvalue weighted by Crippen LogP contribution is -2.30. The van der Waals surface area contributed by atoms with Crippen molar-refractivity contribution in [1.82, 2.24) is 14.9 Å². The van der Waals surface area contributed by atoms with E-state index in [9.17, 15) is 5.11 Å². The van der Waals surface area contributed by atoms with Crippen molar-refractivity contribution in [2.75, 3.05) is 6.54 Å². The number of aromatic nitrogens is 2. The summed E-state index contributed by atoms with van der Waals surface area (Å²) in [5.74, 6) is 0.335. The van der Waals surface area contributed by atoms with Gasteiger partial charge in [0.25, 0.3) is 0 Å². The van der Waals surface area contributed by atoms with Gasteiger partial charge in [0.05, 0.1) is 17.7 Å². The fourth-order valence-corrected chi connectivity index (χ4v) is 2.32. The monoisotopic (exact) mass is 229 g/mol. The molecule has 1 aromatic heterocycles. The van der Waals surface area contributed by atoms with Crippen LogP contribution in [0.2, 0.25) is 0 Å². The average Bonchev–Trinajstić information content (AvgIpc) is 2.76. The van der Waals surface area contributed by atoms with Crippen LogP contribution in [0.25, 0.3) is 0 Å². The van der Waals surface area contributed by atoms with Crippen molar-refractivity contribution < 1.29 is 5.11 Å². The van der Waals surface area contributed by atoms with E-state index in [1.807, 2.05) is 18.2 Å². The molecule has 0 saturated heterocycles. The first kappa shape index (κ1) is 10.4. The van der Waals surface area contributed by atoms with Crippen molar-refractivity contribution in [3.63, 3.8) is 0 Å². The van der Waals surface area contributed by atoms with Crippen LogP contribution in [0.5, 0.6) is 5.75 Å². The molecular formula is C13H15N3O. The van der Waals surface area contributed by atoms with Crippen LogP contribution in [-0.4, -0.2) is 26.5 Å². The van der Waals surface area contributed by atoms with Crippen LogP contribution in [0.1, 0.15) is 17.0 Å². The van der Waals surface area contributed by atoms with Crippen molar-refractivity contribution in [1.29, 1.82) is 0 Å². The van der Waals surface area contributed by atoms with Crippen LogP contribution in [0, 0.1) is 0 Å². The molecular weight excluding hydrogens is 214 g/mol. The van der Waals surface area contributed by atoms with Crippen molar-refractivity contribution >= 4 is 0 Å². The summed E-state index contributed by atoms with van der Waals surface area (Å²) in [5.41, 5.74) is 3.56. The highest BCUT2D eigenvalue weighted by atomic mass is 16.3. The normalized spacial score (nSPS) is 15.8. The quantitative estimate of drug-likeness (QED) is 0.823. The van der Waals surface area contributed by atoms with Gasteiger partial charge in [-0.25, -0.2) is 4.98 Å². The number of fused-ring (bicyclic) bond motifs is 1. The van der Waals surface area contributed by atoms with Gasteiger partial charge >= 0.3 is 0 Å². The number of hydrogen-bond acceptors (Lipinski definition) is 3. The largest absolute Gasteiger partial charge is 0.508 e. The summed E-state index contributed by atoms with van der Waals surface area (Å²) >= 11 is 0. The van der Waals surface area contributed by atoms with Crippen molar-refractivity contribution in [2.24, 2.45) is 0 Å². The Labute approximate surface area is 99.9 Å². The van der Waals surface area contributed by atoms with Crippen LogP contribution in [0.15, 0.2) is 30.6 Å². The summed E-state index contributed by atoms with van der Waals surface area (Å²) in [4.78, 5) is 9.83. The molecule has 0 atom stereocenters. The van der Waals surface area contributed by atoms with Crippen molar-refractivity contribution in [3.05, 3.63) is 47.5 Å². The Morgan fingerprint density at radius 3 is 3.24 bits per heavy atom. The Bertz CT molecular complexity index is 521. The van der Waals surface area contributed by atoms with Crippen molar-refractivity contribution in [3.8, 4) is 5.75 Å². The molecule has 1 aliphatic heterocycles. The fourth-order valence-electron chi connectivity index (χ4n) is 2.32. The Hall–Kier alpha value is -1.81. The van der Waals surface area contributed by atoms with Gasteiger partial charge in [0.2, 0.25) is 0 Å². The molecule has 4 heteroatoms. The molecule has 2 N–H and O–H groups in total. The molecule has 1 aliphatic rings. The Morgan fingerprint density at radius 1 is 1.41 bits per heavy atom. The van der Waals surface area contributed by atoms with E-state index in [-0.39, 0.29) is 0 Å². The molecule has 0 saturated carbocycles. The second-order valence-electron chi connectivity index (χ2n) is 4.46. The number of hydrogen-bond donors (Lipinski definition) is 2. The molecule has 1 aromatic carbocycles. The molecule has 17 heavy (non-hydrogen) atoms. The topological polar surface area (TPSA) is 52.1 Å². The minimum atomic E-state index is 0.335. The maximum Gasteiger partial charge on any atom is 0.115 e. The summed E-state index contributed by atoms with van der Waals surface area (Å²) in [6.45, 7) is 2.80. The molecule has 0 aliphatic carbocycles. The Kier molecular flexibility index (Phi) is 2.57. The molecule has 2 aromatic rings. The second-order valence-corrected chi connectivity index (χ2v) is 4.46. The Morgan fingerprint density at radius 2 is 2.35 bits per heavy atom. The number of phenols is 1. The van der Waals surface area contributed by atoms with Crippen LogP contribution in [0.4, 0.5) is 0 Å². The first-order chi connectivity index (χ1) is 8.31. The first-order valence-electron chi connectivity index (χ1n) is 5.82. The van der Waals surface area contributed by atoms with Gasteiger partial charge < -0.3 is 10.1 Å². The number of aromatic hydroxyl groups is 1. The number of nitrogens with one attached hydrogen (secondary N) is 1. The number of benzene rings is 1. The van der Waals surface area contributed by atoms with E-state index in [2.05, 4.69) is 14.9 Å². The predicted octanol–water partition coefficient (Wildman–Crippen LogP) is 1.67. The summed E-state index contributed by atoms with van der Waals surface area (Å²) in [6, 6.07) is 7.45. The van der Waals surface area contributed by atoms with Crippen LogP contribution in [0.3, 0.4) is 0 Å². The standard InChI is InChI=1S/C13H15N3O/c17-11-3-1-2-10(6-11)7-16-5-4-12-13(8-16)15-9-14-12/h1-3,6,9,17H,4-5,7-8H2,(H,14,15). The third-order valence-electron chi connectivity index (χ3n) is 3.17. The minimum absolute atomic E-state index is 0.335. The molecule has 3 rings (SSSR count). The van der Waals surface area contributed by atoms with Gasteiger partial charge in [-0.05, 0) is 17.7 Å². The molecule has 0 bridgehead atoms. The molecule has 0 unspecified atom stereocenters. The van der Waals surface area contributed by atoms with E-state index in [0.29, 0.717) is 5.75 Å². The summed E-state index contributed by atoms with van der Waals surface area (Å²) in [5, 5.41) is 9.43. The maximum absolute atomic E-state index is 9.43. The van der Waals surface area contributed by atoms with Gasteiger partial charge in [-0.1, -0.05) is 12.1 Å². The zero-order valence-electron chi connectivity index (χ0n) is 9.56. The lowest BCUT2D eigenvalue weighted by Gasteiger charge is -2.26. The van der Waals surface area contributed by atoms with Gasteiger partial charge in [0.1, 0.15) is 5.75 Å². The highest BCUT2D eigenvalue weighted by Gasteiger charge is 2.17. The zero-order chi connectivity index (χ0) is 11.7. The van der Waals surface area contributed by atoms with Gasteiger partial charge in [-0.2, -0.15) is 0 Å². The number of nitrogens with zero attached hydrogens (tertiary/aromatic N) is 2. The molecule has 4 nitrogen and oxygen atoms in total. The SMILES string of the molecule is Oc1cccc(CN2CCc3nc[nH]c3C2)c1. The fraction of sp³-hybridized carbons (Fsp3) is 0.308. The molecule has 0 fully saturated rings. The van der Waals surface area contributed by atoms with Gasteiger partial charge in [-0.3, -0.25) is 4.90 Å². The summed E-state index contributed by atoms with van der Waals surface area (Å²) in [7, 11) is 0. The van der Waals surface area contributed by atoms with Crippen LogP contribution in [-0.2, 0) is 19.5 Å². The lowest BCUT2D eigenvalue weighted by atomic mass is 10.1. The zero-order valence-corrected chi connectivity index (χ0v) is 9.56. The van der Waals surface area contributed by atoms with E-state index in [1.165, 1.54) is 11.4 Å². The smallest absolute Gasteiger partial charge is 0.115 e. The highest BCUT2D eigenvalue weighted by Crippen LogP contribution is 2.18. The maximum atomic E-state index is 9.43. The van der Waals surface area contributed by atoms with Gasteiger partial charge in [-0.15, -0.1) is 0 Å². The molecule has 0 spiro atoms.